The first-order chi connectivity index (χ1) is 15.1. The lowest BCUT2D eigenvalue weighted by Crippen LogP contribution is -2.36. The van der Waals surface area contributed by atoms with Crippen LogP contribution in [0.15, 0.2) is 61.1 Å². The zero-order valence-corrected chi connectivity index (χ0v) is 16.7. The summed E-state index contributed by atoms with van der Waals surface area (Å²) in [4.78, 5) is 29.3. The topological polar surface area (TPSA) is 97.0 Å². The van der Waals surface area contributed by atoms with E-state index in [2.05, 4.69) is 16.4 Å². The van der Waals surface area contributed by atoms with Gasteiger partial charge in [-0.15, -0.1) is 0 Å². The molecular weight excluding hydrogens is 392 g/mol. The maximum Gasteiger partial charge on any atom is 0.339 e. The Kier molecular flexibility index (Phi) is 4.55. The molecule has 2 aliphatic rings. The molecule has 1 aliphatic heterocycles. The monoisotopic (exact) mass is 412 g/mol. The first kappa shape index (κ1) is 19.1. The van der Waals surface area contributed by atoms with Gasteiger partial charge in [-0.05, 0) is 49.9 Å². The zero-order valence-electron chi connectivity index (χ0n) is 16.7. The number of nitriles is 1. The van der Waals surface area contributed by atoms with Crippen LogP contribution in [0, 0.1) is 17.2 Å². The van der Waals surface area contributed by atoms with Gasteiger partial charge < -0.3 is 14.6 Å². The number of aromatic nitrogens is 2. The fraction of sp³-hybridized carbons (Fsp3) is 0.250. The second-order valence-corrected chi connectivity index (χ2v) is 8.02. The molecule has 7 nitrogen and oxygen atoms in total. The number of rotatable bonds is 3. The van der Waals surface area contributed by atoms with E-state index in [1.165, 1.54) is 0 Å². The molecule has 2 aromatic carbocycles. The van der Waals surface area contributed by atoms with Crippen LogP contribution in [-0.2, 0) is 15.1 Å². The molecule has 1 fully saturated rings. The number of benzene rings is 2. The maximum atomic E-state index is 12.8. The van der Waals surface area contributed by atoms with E-state index in [4.69, 9.17) is 10.00 Å². The predicted octanol–water partition coefficient (Wildman–Crippen LogP) is 3.94. The molecule has 1 N–H and O–H groups in total. The summed E-state index contributed by atoms with van der Waals surface area (Å²) in [5.41, 5.74) is 2.33. The van der Waals surface area contributed by atoms with Crippen LogP contribution < -0.4 is 5.32 Å². The first-order valence-electron chi connectivity index (χ1n) is 10.3. The molecular formula is C24H20N4O3. The van der Waals surface area contributed by atoms with E-state index < -0.39 is 5.60 Å². The largest absolute Gasteiger partial charge is 0.451 e. The number of ether oxygens (including phenoxy) is 1. The number of imidazole rings is 1. The summed E-state index contributed by atoms with van der Waals surface area (Å²) in [5, 5.41) is 12.0. The lowest BCUT2D eigenvalue weighted by molar-refractivity contribution is -0.122. The van der Waals surface area contributed by atoms with Gasteiger partial charge in [0.2, 0.25) is 5.91 Å². The molecule has 0 unspecified atom stereocenters. The number of nitrogens with zero attached hydrogens (tertiary/aromatic N) is 3. The van der Waals surface area contributed by atoms with Gasteiger partial charge >= 0.3 is 5.97 Å². The van der Waals surface area contributed by atoms with Crippen molar-refractivity contribution >= 4 is 17.7 Å². The number of carbonyl (C=O) groups excluding carboxylic acids is 2. The van der Waals surface area contributed by atoms with E-state index in [0.717, 1.165) is 11.3 Å². The van der Waals surface area contributed by atoms with Crippen molar-refractivity contribution < 1.29 is 14.3 Å². The van der Waals surface area contributed by atoms with E-state index in [1.807, 2.05) is 24.3 Å². The van der Waals surface area contributed by atoms with E-state index in [-0.39, 0.29) is 17.8 Å². The summed E-state index contributed by atoms with van der Waals surface area (Å²) < 4.78 is 7.53. The average Bonchev–Trinajstić information content (AvgIpc) is 3.38. The average molecular weight is 412 g/mol. The summed E-state index contributed by atoms with van der Waals surface area (Å²) in [6.45, 7) is 0. The van der Waals surface area contributed by atoms with Crippen LogP contribution in [0.4, 0.5) is 5.82 Å². The van der Waals surface area contributed by atoms with Crippen molar-refractivity contribution in [2.75, 3.05) is 5.32 Å². The fourth-order valence-corrected chi connectivity index (χ4v) is 4.56. The van der Waals surface area contributed by atoms with Gasteiger partial charge in [0.25, 0.3) is 0 Å². The van der Waals surface area contributed by atoms with Crippen molar-refractivity contribution in [1.82, 2.24) is 9.55 Å². The summed E-state index contributed by atoms with van der Waals surface area (Å²) in [5.74, 6) is -0.0533. The molecule has 1 spiro atoms. The quantitative estimate of drug-likeness (QED) is 0.657. The van der Waals surface area contributed by atoms with E-state index >= 15 is 0 Å². The van der Waals surface area contributed by atoms with Crippen LogP contribution in [0.25, 0.3) is 5.69 Å². The molecule has 1 amide bonds. The lowest BCUT2D eigenvalue weighted by Gasteiger charge is -2.35. The molecule has 7 heteroatoms. The standard InChI is InChI=1S/C24H20N4O3/c25-13-16-4-3-5-18(12-16)28-14-21(26-15-28)27-22(29)17-8-10-24(11-9-17)20-7-2-1-6-19(20)23(30)31-24/h1-7,12,14-15,17H,8-11H2,(H,27,29). The minimum absolute atomic E-state index is 0.0801. The maximum absolute atomic E-state index is 12.8. The van der Waals surface area contributed by atoms with Crippen LogP contribution in [-0.4, -0.2) is 21.4 Å². The van der Waals surface area contributed by atoms with Crippen LogP contribution in [0.1, 0.15) is 47.2 Å². The fourth-order valence-electron chi connectivity index (χ4n) is 4.56. The number of hydrogen-bond donors (Lipinski definition) is 1. The molecule has 1 aromatic heterocycles. The van der Waals surface area contributed by atoms with Crippen LogP contribution in [0.3, 0.4) is 0 Å². The highest BCUT2D eigenvalue weighted by Crippen LogP contribution is 2.48. The molecule has 2 heterocycles. The summed E-state index contributed by atoms with van der Waals surface area (Å²) in [7, 11) is 0. The first-order valence-corrected chi connectivity index (χ1v) is 10.3. The van der Waals surface area contributed by atoms with Gasteiger partial charge in [-0.3, -0.25) is 4.79 Å². The lowest BCUT2D eigenvalue weighted by atomic mass is 9.74. The Hall–Kier alpha value is -3.92. The number of anilines is 1. The number of amides is 1. The number of carbonyl (C=O) groups is 2. The van der Waals surface area contributed by atoms with Gasteiger partial charge in [0.15, 0.2) is 5.82 Å². The molecule has 5 rings (SSSR count). The molecule has 154 valence electrons. The number of esters is 1. The summed E-state index contributed by atoms with van der Waals surface area (Å²) >= 11 is 0. The second-order valence-electron chi connectivity index (χ2n) is 8.02. The molecule has 31 heavy (non-hydrogen) atoms. The highest BCUT2D eigenvalue weighted by atomic mass is 16.6. The molecule has 1 saturated carbocycles. The van der Waals surface area contributed by atoms with E-state index in [1.54, 1.807) is 41.4 Å². The Balaban J connectivity index is 1.25. The predicted molar refractivity (Wildman–Crippen MR) is 112 cm³/mol. The summed E-state index contributed by atoms with van der Waals surface area (Å²) in [6, 6.07) is 16.8. The molecule has 0 radical (unpaired) electrons. The third kappa shape index (κ3) is 3.36. The Morgan fingerprint density at radius 1 is 1.19 bits per heavy atom. The van der Waals surface area contributed by atoms with Crippen molar-refractivity contribution in [3.05, 3.63) is 77.7 Å². The Morgan fingerprint density at radius 3 is 2.81 bits per heavy atom. The van der Waals surface area contributed by atoms with Gasteiger partial charge in [0, 0.05) is 17.2 Å². The Labute approximate surface area is 179 Å². The van der Waals surface area contributed by atoms with Gasteiger partial charge in [-0.1, -0.05) is 24.3 Å². The van der Waals surface area contributed by atoms with Crippen molar-refractivity contribution in [2.24, 2.45) is 5.92 Å². The molecule has 3 aromatic rings. The van der Waals surface area contributed by atoms with Crippen LogP contribution in [0.5, 0.6) is 0 Å². The highest BCUT2D eigenvalue weighted by Gasteiger charge is 2.48. The molecule has 0 saturated heterocycles. The van der Waals surface area contributed by atoms with Crippen LogP contribution in [0.2, 0.25) is 0 Å². The highest BCUT2D eigenvalue weighted by molar-refractivity contribution is 5.95. The zero-order chi connectivity index (χ0) is 21.4. The molecule has 0 bridgehead atoms. The second kappa shape index (κ2) is 7.40. The van der Waals surface area contributed by atoms with Gasteiger partial charge in [-0.25, -0.2) is 9.78 Å². The normalized spacial score (nSPS) is 21.9. The molecule has 1 aliphatic carbocycles. The SMILES string of the molecule is N#Cc1cccc(-n2cnc(NC(=O)C3CCC4(CC3)OC(=O)c3ccccc34)c2)c1. The minimum atomic E-state index is -0.599. The number of fused-ring (bicyclic) bond motifs is 2. The minimum Gasteiger partial charge on any atom is -0.451 e. The van der Waals surface area contributed by atoms with Crippen molar-refractivity contribution in [3.63, 3.8) is 0 Å². The van der Waals surface area contributed by atoms with Crippen LogP contribution >= 0.6 is 0 Å². The Morgan fingerprint density at radius 2 is 2.00 bits per heavy atom. The molecule has 0 atom stereocenters. The van der Waals surface area contributed by atoms with E-state index in [0.29, 0.717) is 42.6 Å². The van der Waals surface area contributed by atoms with Crippen molar-refractivity contribution in [1.29, 1.82) is 5.26 Å². The third-order valence-electron chi connectivity index (χ3n) is 6.20. The number of hydrogen-bond acceptors (Lipinski definition) is 5. The van der Waals surface area contributed by atoms with Crippen molar-refractivity contribution in [3.8, 4) is 11.8 Å². The van der Waals surface area contributed by atoms with Gasteiger partial charge in [0.1, 0.15) is 11.9 Å². The van der Waals surface area contributed by atoms with Gasteiger partial charge in [0.05, 0.1) is 23.4 Å². The summed E-state index contributed by atoms with van der Waals surface area (Å²) in [6.07, 6.45) is 5.87. The third-order valence-corrected chi connectivity index (χ3v) is 6.20. The Bertz CT molecular complexity index is 1220. The van der Waals surface area contributed by atoms with Crippen molar-refractivity contribution in [2.45, 2.75) is 31.3 Å². The van der Waals surface area contributed by atoms with Gasteiger partial charge in [-0.2, -0.15) is 5.26 Å². The van der Waals surface area contributed by atoms with E-state index in [9.17, 15) is 9.59 Å². The number of nitrogens with one attached hydrogen (secondary N) is 1. The smallest absolute Gasteiger partial charge is 0.339 e.